The molecule has 2 aliphatic rings. The van der Waals surface area contributed by atoms with Gasteiger partial charge >= 0.3 is 0 Å². The van der Waals surface area contributed by atoms with Crippen LogP contribution in [0.25, 0.3) is 0 Å². The van der Waals surface area contributed by atoms with Gasteiger partial charge in [-0.3, -0.25) is 0 Å². The first-order valence-electron chi connectivity index (χ1n) is 4.61. The van der Waals surface area contributed by atoms with Gasteiger partial charge in [0.05, 0.1) is 5.41 Å². The average molecular weight is 175 g/mol. The zero-order chi connectivity index (χ0) is 8.98. The summed E-state index contributed by atoms with van der Waals surface area (Å²) in [6.07, 6.45) is 0.763. The number of hydrogen-bond acceptors (Lipinski definition) is 1. The van der Waals surface area contributed by atoms with Crippen molar-refractivity contribution in [3.63, 3.8) is 0 Å². The van der Waals surface area contributed by atoms with E-state index in [2.05, 4.69) is 5.32 Å². The van der Waals surface area contributed by atoms with Gasteiger partial charge in [-0.1, -0.05) is 13.8 Å². The summed E-state index contributed by atoms with van der Waals surface area (Å²) < 4.78 is 26.1. The van der Waals surface area contributed by atoms with Crippen molar-refractivity contribution >= 4 is 0 Å². The molecular formula is C9H15F2N. The third-order valence-electron chi connectivity index (χ3n) is 3.34. The van der Waals surface area contributed by atoms with E-state index in [1.54, 1.807) is 0 Å². The SMILES string of the molecule is CC(C)C1NCCC12CC2(F)F. The normalized spacial score (nSPS) is 44.2. The largest absolute Gasteiger partial charge is 0.313 e. The summed E-state index contributed by atoms with van der Waals surface area (Å²) in [5, 5.41) is 3.18. The van der Waals surface area contributed by atoms with Crippen LogP contribution in [0.1, 0.15) is 26.7 Å². The highest BCUT2D eigenvalue weighted by Gasteiger charge is 2.75. The fourth-order valence-electron chi connectivity index (χ4n) is 2.64. The molecule has 1 nitrogen and oxygen atoms in total. The first kappa shape index (κ1) is 8.42. The first-order chi connectivity index (χ1) is 5.50. The summed E-state index contributed by atoms with van der Waals surface area (Å²) in [4.78, 5) is 0. The van der Waals surface area contributed by atoms with Crippen LogP contribution in [-0.4, -0.2) is 18.5 Å². The van der Waals surface area contributed by atoms with Crippen LogP contribution in [0.5, 0.6) is 0 Å². The van der Waals surface area contributed by atoms with E-state index in [0.717, 1.165) is 6.54 Å². The van der Waals surface area contributed by atoms with Crippen LogP contribution in [0.3, 0.4) is 0 Å². The fourth-order valence-corrected chi connectivity index (χ4v) is 2.64. The molecular weight excluding hydrogens is 160 g/mol. The number of hydrogen-bond donors (Lipinski definition) is 1. The molecule has 1 saturated carbocycles. The third kappa shape index (κ3) is 0.859. The highest BCUT2D eigenvalue weighted by atomic mass is 19.3. The van der Waals surface area contributed by atoms with Crippen LogP contribution < -0.4 is 5.32 Å². The molecule has 2 rings (SSSR count). The second-order valence-electron chi connectivity index (χ2n) is 4.46. The van der Waals surface area contributed by atoms with Gasteiger partial charge in [0.1, 0.15) is 0 Å². The molecule has 2 unspecified atom stereocenters. The summed E-state index contributed by atoms with van der Waals surface area (Å²) >= 11 is 0. The van der Waals surface area contributed by atoms with Crippen molar-refractivity contribution in [2.24, 2.45) is 11.3 Å². The Morgan fingerprint density at radius 3 is 2.33 bits per heavy atom. The molecule has 1 N–H and O–H groups in total. The van der Waals surface area contributed by atoms with Gasteiger partial charge in [0.25, 0.3) is 5.92 Å². The third-order valence-corrected chi connectivity index (χ3v) is 3.34. The Balaban J connectivity index is 2.17. The zero-order valence-electron chi connectivity index (χ0n) is 7.53. The predicted octanol–water partition coefficient (Wildman–Crippen LogP) is 2.03. The Bertz CT molecular complexity index is 199. The van der Waals surface area contributed by atoms with Crippen molar-refractivity contribution < 1.29 is 8.78 Å². The number of alkyl halides is 2. The molecule has 1 aliphatic heterocycles. The molecule has 1 saturated heterocycles. The minimum absolute atomic E-state index is 0.0347. The van der Waals surface area contributed by atoms with Gasteiger partial charge in [-0.05, 0) is 18.9 Å². The summed E-state index contributed by atoms with van der Waals surface area (Å²) in [5.41, 5.74) is -0.666. The van der Waals surface area contributed by atoms with Gasteiger partial charge in [0.2, 0.25) is 0 Å². The molecule has 70 valence electrons. The van der Waals surface area contributed by atoms with E-state index in [1.165, 1.54) is 0 Å². The van der Waals surface area contributed by atoms with Gasteiger partial charge in [-0.2, -0.15) is 0 Å². The molecule has 2 atom stereocenters. The number of halogens is 2. The van der Waals surface area contributed by atoms with Crippen LogP contribution in [0.4, 0.5) is 8.78 Å². The van der Waals surface area contributed by atoms with Gasteiger partial charge in [-0.25, -0.2) is 8.78 Å². The van der Waals surface area contributed by atoms with Gasteiger partial charge < -0.3 is 5.32 Å². The van der Waals surface area contributed by atoms with E-state index in [1.807, 2.05) is 13.8 Å². The molecule has 0 aromatic carbocycles. The number of rotatable bonds is 1. The predicted molar refractivity (Wildman–Crippen MR) is 43.2 cm³/mol. The Hall–Kier alpha value is -0.180. The Morgan fingerprint density at radius 2 is 2.00 bits per heavy atom. The molecule has 1 aliphatic carbocycles. The molecule has 0 amide bonds. The minimum Gasteiger partial charge on any atom is -0.313 e. The number of nitrogens with one attached hydrogen (secondary N) is 1. The molecule has 0 aromatic heterocycles. The summed E-state index contributed by atoms with van der Waals surface area (Å²) in [5.74, 6) is -2.06. The van der Waals surface area contributed by atoms with Crippen LogP contribution in [0.15, 0.2) is 0 Å². The lowest BCUT2D eigenvalue weighted by Gasteiger charge is -2.22. The highest BCUT2D eigenvalue weighted by molar-refractivity contribution is 5.19. The first-order valence-corrected chi connectivity index (χ1v) is 4.61. The fraction of sp³-hybridized carbons (Fsp3) is 1.00. The lowest BCUT2D eigenvalue weighted by atomic mass is 9.88. The molecule has 12 heavy (non-hydrogen) atoms. The Kier molecular flexibility index (Phi) is 1.54. The van der Waals surface area contributed by atoms with E-state index >= 15 is 0 Å². The Labute approximate surface area is 71.5 Å². The Morgan fingerprint density at radius 1 is 1.42 bits per heavy atom. The van der Waals surface area contributed by atoms with Crippen molar-refractivity contribution in [3.8, 4) is 0 Å². The second kappa shape index (κ2) is 2.19. The van der Waals surface area contributed by atoms with Crippen molar-refractivity contribution in [1.82, 2.24) is 5.32 Å². The lowest BCUT2D eigenvalue weighted by molar-refractivity contribution is 0.0522. The van der Waals surface area contributed by atoms with E-state index < -0.39 is 11.3 Å². The van der Waals surface area contributed by atoms with Crippen LogP contribution in [0, 0.1) is 11.3 Å². The molecule has 1 spiro atoms. The second-order valence-corrected chi connectivity index (χ2v) is 4.46. The highest BCUT2D eigenvalue weighted by Crippen LogP contribution is 2.67. The van der Waals surface area contributed by atoms with Crippen molar-refractivity contribution in [1.29, 1.82) is 0 Å². The monoisotopic (exact) mass is 175 g/mol. The van der Waals surface area contributed by atoms with Crippen LogP contribution in [-0.2, 0) is 0 Å². The topological polar surface area (TPSA) is 12.0 Å². The van der Waals surface area contributed by atoms with Crippen LogP contribution in [0.2, 0.25) is 0 Å². The van der Waals surface area contributed by atoms with Gasteiger partial charge in [-0.15, -0.1) is 0 Å². The van der Waals surface area contributed by atoms with Crippen molar-refractivity contribution in [2.75, 3.05) is 6.54 Å². The smallest absolute Gasteiger partial charge is 0.256 e. The van der Waals surface area contributed by atoms with E-state index in [0.29, 0.717) is 12.3 Å². The molecule has 1 heterocycles. The molecule has 2 fully saturated rings. The molecule has 0 aromatic rings. The molecule has 0 radical (unpaired) electrons. The van der Waals surface area contributed by atoms with E-state index in [-0.39, 0.29) is 12.5 Å². The molecule has 0 bridgehead atoms. The zero-order valence-corrected chi connectivity index (χ0v) is 7.53. The van der Waals surface area contributed by atoms with Crippen molar-refractivity contribution in [2.45, 2.75) is 38.7 Å². The van der Waals surface area contributed by atoms with Gasteiger partial charge in [0.15, 0.2) is 0 Å². The lowest BCUT2D eigenvalue weighted by Crippen LogP contribution is -2.36. The quantitative estimate of drug-likeness (QED) is 0.643. The maximum Gasteiger partial charge on any atom is 0.256 e. The van der Waals surface area contributed by atoms with Crippen LogP contribution >= 0.6 is 0 Å². The van der Waals surface area contributed by atoms with Crippen molar-refractivity contribution in [3.05, 3.63) is 0 Å². The minimum atomic E-state index is -2.38. The maximum atomic E-state index is 13.1. The average Bonchev–Trinajstić information content (AvgIpc) is 2.40. The molecule has 3 heteroatoms. The van der Waals surface area contributed by atoms with E-state index in [9.17, 15) is 8.78 Å². The summed E-state index contributed by atoms with van der Waals surface area (Å²) in [6, 6.07) is 0.0347. The standard InChI is InChI=1S/C9H15F2N/c1-6(2)7-8(3-4-12-7)5-9(8,10)11/h6-7,12H,3-5H2,1-2H3. The van der Waals surface area contributed by atoms with Gasteiger partial charge in [0, 0.05) is 12.5 Å². The summed E-state index contributed by atoms with van der Waals surface area (Å²) in [7, 11) is 0. The summed E-state index contributed by atoms with van der Waals surface area (Å²) in [6.45, 7) is 4.79. The van der Waals surface area contributed by atoms with E-state index in [4.69, 9.17) is 0 Å². The maximum absolute atomic E-state index is 13.1.